The molecule has 1 aromatic carbocycles. The van der Waals surface area contributed by atoms with E-state index in [1.54, 1.807) is 0 Å². The van der Waals surface area contributed by atoms with Crippen molar-refractivity contribution in [2.45, 2.75) is 45.4 Å². The van der Waals surface area contributed by atoms with Gasteiger partial charge in [-0.15, -0.1) is 11.3 Å². The molecular weight excluding hydrogens is 401 g/mol. The van der Waals surface area contributed by atoms with Crippen molar-refractivity contribution in [1.82, 2.24) is 4.90 Å². The molecule has 2 amide bonds. The van der Waals surface area contributed by atoms with Crippen LogP contribution in [-0.2, 0) is 17.6 Å². The van der Waals surface area contributed by atoms with Crippen molar-refractivity contribution in [3.05, 3.63) is 51.0 Å². The number of halogens is 3. The lowest BCUT2D eigenvalue weighted by atomic mass is 10.1. The SMILES string of the molecule is CCCN(CC(=O)Nc1ccc(F)c(F)c1F)C(=O)c1cc2c(s1)CCCCC2. The highest BCUT2D eigenvalue weighted by atomic mass is 32.1. The predicted octanol–water partition coefficient (Wildman–Crippen LogP) is 4.93. The van der Waals surface area contributed by atoms with Crippen LogP contribution in [0.4, 0.5) is 18.9 Å². The number of thiophene rings is 1. The number of amides is 2. The van der Waals surface area contributed by atoms with Gasteiger partial charge in [-0.25, -0.2) is 13.2 Å². The number of fused-ring (bicyclic) bond motifs is 1. The number of aryl methyl sites for hydroxylation is 2. The summed E-state index contributed by atoms with van der Waals surface area (Å²) in [6.07, 6.45) is 5.98. The van der Waals surface area contributed by atoms with Crippen LogP contribution in [0.3, 0.4) is 0 Å². The molecular formula is C21H23F3N2O2S. The van der Waals surface area contributed by atoms with Crippen LogP contribution in [0.25, 0.3) is 0 Å². The third-order valence-electron chi connectivity index (χ3n) is 4.88. The summed E-state index contributed by atoms with van der Waals surface area (Å²) >= 11 is 1.47. The number of hydrogen-bond acceptors (Lipinski definition) is 3. The molecule has 0 saturated carbocycles. The first-order chi connectivity index (χ1) is 13.9. The highest BCUT2D eigenvalue weighted by Gasteiger charge is 2.23. The van der Waals surface area contributed by atoms with Crippen LogP contribution >= 0.6 is 11.3 Å². The van der Waals surface area contributed by atoms with Gasteiger partial charge in [0.25, 0.3) is 5.91 Å². The molecule has 29 heavy (non-hydrogen) atoms. The van der Waals surface area contributed by atoms with E-state index in [0.29, 0.717) is 17.8 Å². The lowest BCUT2D eigenvalue weighted by molar-refractivity contribution is -0.116. The summed E-state index contributed by atoms with van der Waals surface area (Å²) in [5, 5.41) is 2.22. The minimum absolute atomic E-state index is 0.245. The molecule has 0 aliphatic heterocycles. The van der Waals surface area contributed by atoms with Crippen molar-refractivity contribution >= 4 is 28.8 Å². The third-order valence-corrected chi connectivity index (χ3v) is 6.11. The molecule has 3 rings (SSSR count). The second-order valence-electron chi connectivity index (χ2n) is 7.12. The maximum absolute atomic E-state index is 13.8. The summed E-state index contributed by atoms with van der Waals surface area (Å²) in [5.41, 5.74) is 0.751. The van der Waals surface area contributed by atoms with Gasteiger partial charge in [0.2, 0.25) is 5.91 Å². The third kappa shape index (κ3) is 4.98. The Bertz CT molecular complexity index is 890. The van der Waals surface area contributed by atoms with Crippen molar-refractivity contribution in [3.63, 3.8) is 0 Å². The zero-order valence-electron chi connectivity index (χ0n) is 16.2. The zero-order chi connectivity index (χ0) is 21.0. The van der Waals surface area contributed by atoms with E-state index in [2.05, 4.69) is 5.32 Å². The molecule has 0 saturated heterocycles. The quantitative estimate of drug-likeness (QED) is 0.528. The summed E-state index contributed by atoms with van der Waals surface area (Å²) in [7, 11) is 0. The standard InChI is InChI=1S/C21H23F3N2O2S/c1-2-10-26(12-18(27)25-15-9-8-14(22)19(23)20(15)24)21(28)17-11-13-6-4-3-5-7-16(13)29-17/h8-9,11H,2-7,10,12H2,1H3,(H,25,27). The van der Waals surface area contributed by atoms with Gasteiger partial charge in [-0.3, -0.25) is 9.59 Å². The fraction of sp³-hybridized carbons (Fsp3) is 0.429. The van der Waals surface area contributed by atoms with Gasteiger partial charge in [0.05, 0.1) is 10.6 Å². The normalized spacial score (nSPS) is 13.5. The van der Waals surface area contributed by atoms with Crippen LogP contribution < -0.4 is 5.32 Å². The minimum atomic E-state index is -1.65. The second-order valence-corrected chi connectivity index (χ2v) is 8.25. The molecule has 0 spiro atoms. The Kier molecular flexibility index (Phi) is 6.95. The summed E-state index contributed by atoms with van der Waals surface area (Å²) in [6.45, 7) is 1.94. The molecule has 1 aromatic heterocycles. The first kappa shape index (κ1) is 21.4. The summed E-state index contributed by atoms with van der Waals surface area (Å²) in [4.78, 5) is 28.5. The van der Waals surface area contributed by atoms with E-state index >= 15 is 0 Å². The van der Waals surface area contributed by atoms with E-state index in [9.17, 15) is 22.8 Å². The van der Waals surface area contributed by atoms with E-state index in [0.717, 1.165) is 37.8 Å². The van der Waals surface area contributed by atoms with Crippen LogP contribution in [0, 0.1) is 17.5 Å². The zero-order valence-corrected chi connectivity index (χ0v) is 17.0. The van der Waals surface area contributed by atoms with Gasteiger partial charge in [-0.2, -0.15) is 0 Å². The fourth-order valence-electron chi connectivity index (χ4n) is 3.44. The molecule has 1 N–H and O–H groups in total. The van der Waals surface area contributed by atoms with E-state index in [1.807, 2.05) is 13.0 Å². The molecule has 0 unspecified atom stereocenters. The van der Waals surface area contributed by atoms with E-state index in [-0.39, 0.29) is 12.5 Å². The summed E-state index contributed by atoms with van der Waals surface area (Å²) in [6, 6.07) is 3.61. The lowest BCUT2D eigenvalue weighted by Crippen LogP contribution is -2.38. The van der Waals surface area contributed by atoms with Crippen LogP contribution in [-0.4, -0.2) is 29.8 Å². The Morgan fingerprint density at radius 1 is 1.10 bits per heavy atom. The van der Waals surface area contributed by atoms with Crippen LogP contribution in [0.1, 0.15) is 52.7 Å². The molecule has 8 heteroatoms. The smallest absolute Gasteiger partial charge is 0.264 e. The van der Waals surface area contributed by atoms with Gasteiger partial charge < -0.3 is 10.2 Å². The maximum atomic E-state index is 13.8. The van der Waals surface area contributed by atoms with Gasteiger partial charge in [0, 0.05) is 11.4 Å². The number of carbonyl (C=O) groups is 2. The molecule has 0 bridgehead atoms. The summed E-state index contributed by atoms with van der Waals surface area (Å²) < 4.78 is 40.2. The largest absolute Gasteiger partial charge is 0.329 e. The highest BCUT2D eigenvalue weighted by molar-refractivity contribution is 7.14. The van der Waals surface area contributed by atoms with E-state index < -0.39 is 29.0 Å². The first-order valence-electron chi connectivity index (χ1n) is 9.75. The number of benzene rings is 1. The van der Waals surface area contributed by atoms with Gasteiger partial charge in [-0.05, 0) is 55.9 Å². The molecule has 4 nitrogen and oxygen atoms in total. The van der Waals surface area contributed by atoms with Crippen molar-refractivity contribution < 1.29 is 22.8 Å². The van der Waals surface area contributed by atoms with Crippen LogP contribution in [0.15, 0.2) is 18.2 Å². The highest BCUT2D eigenvalue weighted by Crippen LogP contribution is 2.30. The number of nitrogens with one attached hydrogen (secondary N) is 1. The lowest BCUT2D eigenvalue weighted by Gasteiger charge is -2.21. The monoisotopic (exact) mass is 424 g/mol. The van der Waals surface area contributed by atoms with Gasteiger partial charge in [0.15, 0.2) is 17.5 Å². The molecule has 1 aliphatic carbocycles. The van der Waals surface area contributed by atoms with E-state index in [1.165, 1.54) is 33.1 Å². The number of anilines is 1. The van der Waals surface area contributed by atoms with Gasteiger partial charge in [-0.1, -0.05) is 13.3 Å². The Hall–Kier alpha value is -2.35. The number of nitrogens with zero attached hydrogens (tertiary/aromatic N) is 1. The average Bonchev–Trinajstić information content (AvgIpc) is 2.98. The van der Waals surface area contributed by atoms with Gasteiger partial charge >= 0.3 is 0 Å². The van der Waals surface area contributed by atoms with Gasteiger partial charge in [0.1, 0.15) is 6.54 Å². The molecule has 2 aromatic rings. The Balaban J connectivity index is 1.72. The number of rotatable bonds is 6. The van der Waals surface area contributed by atoms with Crippen molar-refractivity contribution in [2.75, 3.05) is 18.4 Å². The van der Waals surface area contributed by atoms with E-state index in [4.69, 9.17) is 0 Å². The minimum Gasteiger partial charge on any atom is -0.329 e. The Labute approximate surface area is 171 Å². The van der Waals surface area contributed by atoms with Crippen molar-refractivity contribution in [1.29, 1.82) is 0 Å². The maximum Gasteiger partial charge on any atom is 0.264 e. The molecule has 0 radical (unpaired) electrons. The Morgan fingerprint density at radius 2 is 1.86 bits per heavy atom. The first-order valence-corrected chi connectivity index (χ1v) is 10.6. The number of carbonyl (C=O) groups excluding carboxylic acids is 2. The van der Waals surface area contributed by atoms with Crippen LogP contribution in [0.5, 0.6) is 0 Å². The molecule has 0 fully saturated rings. The summed E-state index contributed by atoms with van der Waals surface area (Å²) in [5.74, 6) is -5.36. The predicted molar refractivity (Wildman–Crippen MR) is 107 cm³/mol. The molecule has 1 heterocycles. The molecule has 0 atom stereocenters. The average molecular weight is 424 g/mol. The Morgan fingerprint density at radius 3 is 2.62 bits per heavy atom. The van der Waals surface area contributed by atoms with Crippen molar-refractivity contribution in [2.24, 2.45) is 0 Å². The van der Waals surface area contributed by atoms with Crippen LogP contribution in [0.2, 0.25) is 0 Å². The topological polar surface area (TPSA) is 49.4 Å². The molecule has 156 valence electrons. The van der Waals surface area contributed by atoms with Crippen molar-refractivity contribution in [3.8, 4) is 0 Å². The second kappa shape index (κ2) is 9.43. The molecule has 1 aliphatic rings. The fourth-order valence-corrected chi connectivity index (χ4v) is 4.66. The number of hydrogen-bond donors (Lipinski definition) is 1.